The first-order valence-electron chi connectivity index (χ1n) is 29.3. The van der Waals surface area contributed by atoms with E-state index in [4.69, 9.17) is 14.2 Å². The monoisotopic (exact) mass is 992 g/mol. The third-order valence-corrected chi connectivity index (χ3v) is 13.8. The van der Waals surface area contributed by atoms with Crippen LogP contribution < -0.4 is 5.32 Å². The van der Waals surface area contributed by atoms with Crippen LogP contribution in [0.3, 0.4) is 0 Å². The fraction of sp³-hybridized carbons (Fsp3) is 0.864. The van der Waals surface area contributed by atoms with Gasteiger partial charge >= 0.3 is 5.97 Å². The van der Waals surface area contributed by atoms with Crippen molar-refractivity contribution >= 4 is 11.9 Å². The summed E-state index contributed by atoms with van der Waals surface area (Å²) in [5.41, 5.74) is 0. The standard InChI is InChI=1S/C59H109NO10/c1-3-5-7-9-11-13-14-15-24-27-31-35-39-43-47-55(64)68-48-44-40-36-32-28-25-22-20-18-16-17-19-21-23-26-30-34-38-42-46-54(63)60-51(52(62)45-41-37-33-29-12-10-8-6-4-2)50-69-59-58(67)57(66)56(65)53(49-61)70-59/h20,22,25,28,41,45,51-53,56-59,61-62,65-67H,3-19,21,23-24,26-27,29-40,42-44,46-50H2,1-2H3,(H,60,63)/b22-20-,28-25-,45-41+. The van der Waals surface area contributed by atoms with E-state index in [0.29, 0.717) is 19.4 Å². The molecule has 0 aromatic carbocycles. The molecule has 410 valence electrons. The van der Waals surface area contributed by atoms with Crippen molar-refractivity contribution in [1.82, 2.24) is 5.32 Å². The fourth-order valence-corrected chi connectivity index (χ4v) is 9.07. The minimum absolute atomic E-state index is 0.0263. The number of aliphatic hydroxyl groups is 5. The molecule has 1 rings (SSSR count). The Morgan fingerprint density at radius 1 is 0.529 bits per heavy atom. The van der Waals surface area contributed by atoms with Gasteiger partial charge in [0.15, 0.2) is 6.29 Å². The van der Waals surface area contributed by atoms with Gasteiger partial charge in [0.05, 0.1) is 32.0 Å². The zero-order chi connectivity index (χ0) is 51.0. The van der Waals surface area contributed by atoms with Crippen molar-refractivity contribution in [2.75, 3.05) is 19.8 Å². The van der Waals surface area contributed by atoms with Crippen LogP contribution in [0.15, 0.2) is 36.5 Å². The zero-order valence-corrected chi connectivity index (χ0v) is 45.0. The van der Waals surface area contributed by atoms with Crippen LogP contribution >= 0.6 is 0 Å². The summed E-state index contributed by atoms with van der Waals surface area (Å²) >= 11 is 0. The summed E-state index contributed by atoms with van der Waals surface area (Å²) in [5, 5.41) is 54.2. The van der Waals surface area contributed by atoms with E-state index in [2.05, 4.69) is 43.5 Å². The molecule has 11 nitrogen and oxygen atoms in total. The summed E-state index contributed by atoms with van der Waals surface area (Å²) in [6, 6.07) is -0.816. The lowest BCUT2D eigenvalue weighted by Crippen LogP contribution is -2.60. The van der Waals surface area contributed by atoms with Gasteiger partial charge in [0.2, 0.25) is 5.91 Å². The molecule has 0 saturated carbocycles. The number of aliphatic hydroxyl groups excluding tert-OH is 5. The van der Waals surface area contributed by atoms with E-state index in [9.17, 15) is 35.1 Å². The van der Waals surface area contributed by atoms with E-state index < -0.39 is 49.5 Å². The second-order valence-electron chi connectivity index (χ2n) is 20.4. The predicted octanol–water partition coefficient (Wildman–Crippen LogP) is 13.1. The van der Waals surface area contributed by atoms with E-state index in [1.54, 1.807) is 6.08 Å². The number of amides is 1. The number of hydrogen-bond acceptors (Lipinski definition) is 10. The summed E-state index contributed by atoms with van der Waals surface area (Å²) in [5.74, 6) is -0.220. The van der Waals surface area contributed by atoms with Crippen molar-refractivity contribution in [3.05, 3.63) is 36.5 Å². The highest BCUT2D eigenvalue weighted by molar-refractivity contribution is 5.76. The van der Waals surface area contributed by atoms with Crippen molar-refractivity contribution < 1.29 is 49.3 Å². The molecule has 0 bridgehead atoms. The third kappa shape index (κ3) is 38.5. The van der Waals surface area contributed by atoms with Crippen LogP contribution in [0.4, 0.5) is 0 Å². The average molecular weight is 993 g/mol. The van der Waals surface area contributed by atoms with Gasteiger partial charge < -0.3 is 45.1 Å². The number of carbonyl (C=O) groups excluding carboxylic acids is 2. The van der Waals surface area contributed by atoms with Gasteiger partial charge in [-0.2, -0.15) is 0 Å². The Morgan fingerprint density at radius 2 is 0.943 bits per heavy atom. The second kappa shape index (κ2) is 49.1. The Bertz CT molecular complexity index is 1260. The smallest absolute Gasteiger partial charge is 0.305 e. The fourth-order valence-electron chi connectivity index (χ4n) is 9.07. The van der Waals surface area contributed by atoms with Crippen molar-refractivity contribution in [2.45, 2.75) is 307 Å². The summed E-state index contributed by atoms with van der Waals surface area (Å²) in [6.45, 7) is 4.27. The Balaban J connectivity index is 2.06. The maximum Gasteiger partial charge on any atom is 0.305 e. The first-order valence-corrected chi connectivity index (χ1v) is 29.3. The molecular weight excluding hydrogens is 883 g/mol. The van der Waals surface area contributed by atoms with E-state index >= 15 is 0 Å². The van der Waals surface area contributed by atoms with Gasteiger partial charge in [-0.3, -0.25) is 9.59 Å². The normalized spacial score (nSPS) is 19.4. The molecule has 1 amide bonds. The van der Waals surface area contributed by atoms with Gasteiger partial charge in [-0.05, 0) is 64.2 Å². The molecule has 70 heavy (non-hydrogen) atoms. The minimum atomic E-state index is -1.57. The number of rotatable bonds is 50. The largest absolute Gasteiger partial charge is 0.466 e. The molecule has 11 heteroatoms. The van der Waals surface area contributed by atoms with Gasteiger partial charge in [-0.25, -0.2) is 0 Å². The van der Waals surface area contributed by atoms with E-state index in [-0.39, 0.29) is 18.5 Å². The van der Waals surface area contributed by atoms with E-state index in [0.717, 1.165) is 89.9 Å². The maximum atomic E-state index is 13.0. The Hall–Kier alpha value is -2.12. The second-order valence-corrected chi connectivity index (χ2v) is 20.4. The van der Waals surface area contributed by atoms with Crippen LogP contribution in [0.2, 0.25) is 0 Å². The molecule has 0 aromatic rings. The summed E-state index contributed by atoms with van der Waals surface area (Å²) in [4.78, 5) is 25.0. The van der Waals surface area contributed by atoms with Crippen LogP contribution in [-0.4, -0.2) is 100 Å². The molecule has 0 spiro atoms. The topological polar surface area (TPSA) is 175 Å². The quantitative estimate of drug-likeness (QED) is 0.0149. The lowest BCUT2D eigenvalue weighted by Gasteiger charge is -2.40. The molecule has 1 heterocycles. The number of esters is 1. The molecule has 1 saturated heterocycles. The first-order chi connectivity index (χ1) is 34.2. The number of nitrogens with one attached hydrogen (secondary N) is 1. The van der Waals surface area contributed by atoms with Crippen LogP contribution in [0, 0.1) is 0 Å². The van der Waals surface area contributed by atoms with Crippen molar-refractivity contribution in [1.29, 1.82) is 0 Å². The molecule has 0 aliphatic carbocycles. The number of carbonyl (C=O) groups is 2. The van der Waals surface area contributed by atoms with Crippen LogP contribution in [-0.2, 0) is 23.8 Å². The molecule has 1 aliphatic heterocycles. The number of unbranched alkanes of at least 4 members (excludes halogenated alkanes) is 33. The molecule has 0 aromatic heterocycles. The van der Waals surface area contributed by atoms with Gasteiger partial charge in [-0.1, -0.05) is 224 Å². The molecule has 0 radical (unpaired) electrons. The van der Waals surface area contributed by atoms with Crippen LogP contribution in [0.5, 0.6) is 0 Å². The van der Waals surface area contributed by atoms with Gasteiger partial charge in [0.25, 0.3) is 0 Å². The Labute approximate surface area is 428 Å². The highest BCUT2D eigenvalue weighted by Crippen LogP contribution is 2.23. The lowest BCUT2D eigenvalue weighted by molar-refractivity contribution is -0.302. The Kier molecular flexibility index (Phi) is 46.2. The van der Waals surface area contributed by atoms with Gasteiger partial charge in [-0.15, -0.1) is 0 Å². The number of allylic oxidation sites excluding steroid dienone is 5. The molecule has 1 fully saturated rings. The highest BCUT2D eigenvalue weighted by Gasteiger charge is 2.44. The van der Waals surface area contributed by atoms with Gasteiger partial charge in [0.1, 0.15) is 24.4 Å². The average Bonchev–Trinajstić information content (AvgIpc) is 3.36. The van der Waals surface area contributed by atoms with Crippen LogP contribution in [0.25, 0.3) is 0 Å². The molecule has 6 N–H and O–H groups in total. The van der Waals surface area contributed by atoms with Crippen molar-refractivity contribution in [3.63, 3.8) is 0 Å². The SMILES string of the molecule is CCCCCCCCC/C=C/C(O)C(COC1OC(CO)C(O)C(O)C1O)NC(=O)CCCCCCCCCCCC/C=C\C=C/CCCCCOC(=O)CCCCCCCCCCCCCCCC. The van der Waals surface area contributed by atoms with Crippen molar-refractivity contribution in [3.8, 4) is 0 Å². The van der Waals surface area contributed by atoms with Crippen molar-refractivity contribution in [2.24, 2.45) is 0 Å². The van der Waals surface area contributed by atoms with E-state index in [1.165, 1.54) is 148 Å². The molecule has 1 aliphatic rings. The highest BCUT2D eigenvalue weighted by atomic mass is 16.7. The number of ether oxygens (including phenoxy) is 3. The summed E-state index contributed by atoms with van der Waals surface area (Å²) < 4.78 is 16.6. The lowest BCUT2D eigenvalue weighted by atomic mass is 9.99. The predicted molar refractivity (Wildman–Crippen MR) is 287 cm³/mol. The maximum absolute atomic E-state index is 13.0. The Morgan fingerprint density at radius 3 is 1.41 bits per heavy atom. The summed E-state index contributed by atoms with van der Waals surface area (Å²) in [6.07, 6.45) is 49.6. The van der Waals surface area contributed by atoms with E-state index in [1.807, 2.05) is 6.08 Å². The third-order valence-electron chi connectivity index (χ3n) is 13.8. The number of hydrogen-bond donors (Lipinski definition) is 6. The zero-order valence-electron chi connectivity index (χ0n) is 45.0. The van der Waals surface area contributed by atoms with Crippen LogP contribution in [0.1, 0.15) is 264 Å². The first kappa shape index (κ1) is 65.9. The summed E-state index contributed by atoms with van der Waals surface area (Å²) in [7, 11) is 0. The molecular formula is C59H109NO10. The molecule has 7 atom stereocenters. The van der Waals surface area contributed by atoms with Gasteiger partial charge in [0, 0.05) is 12.8 Å². The molecule has 7 unspecified atom stereocenters. The minimum Gasteiger partial charge on any atom is -0.466 e.